The first-order chi connectivity index (χ1) is 18.8. The first kappa shape index (κ1) is 26.7. The van der Waals surface area contributed by atoms with Crippen molar-refractivity contribution in [3.8, 4) is 0 Å². The summed E-state index contributed by atoms with van der Waals surface area (Å²) in [6.07, 6.45) is 11.6. The van der Waals surface area contributed by atoms with Crippen LogP contribution in [0.3, 0.4) is 0 Å². The number of aliphatic carboxylic acids is 1. The van der Waals surface area contributed by atoms with Gasteiger partial charge in [0.05, 0.1) is 24.5 Å². The van der Waals surface area contributed by atoms with Crippen molar-refractivity contribution in [1.82, 2.24) is 0 Å². The minimum atomic E-state index is -0.882. The maximum atomic E-state index is 13.9. The molecule has 6 bridgehead atoms. The summed E-state index contributed by atoms with van der Waals surface area (Å²) in [7, 11) is 0. The number of hydrogen-bond donors (Lipinski definition) is 1. The molecule has 39 heavy (non-hydrogen) atoms. The second kappa shape index (κ2) is 10.3. The van der Waals surface area contributed by atoms with Gasteiger partial charge in [0.25, 0.3) is 0 Å². The second-order valence-corrected chi connectivity index (χ2v) is 15.0. The van der Waals surface area contributed by atoms with Crippen molar-refractivity contribution in [3.05, 3.63) is 0 Å². The minimum absolute atomic E-state index is 0.0482. The topological polar surface area (TPSA) is 82.1 Å². The SMILES string of the molecule is CC1OCCCC1C1C2CC(C3C4CCC(C4)C23)C1C(C(=O)OCOCC1C2CCC(C2)C1C)C(C)C(=O)O. The molecule has 7 fully saturated rings. The standard InChI is InChI=1S/C33H50O6/c1-16-19-6-7-20(11-19)26(16)14-37-15-39-33(36)27(17(2)32(34)35)31-25-13-24(28-21-8-9-22(12-21)29(25)28)30(31)23-5-4-10-38-18(23)3/h16-31H,4-15H2,1-3H3,(H,34,35). The maximum Gasteiger partial charge on any atom is 0.312 e. The summed E-state index contributed by atoms with van der Waals surface area (Å²) in [5.41, 5.74) is 0. The molecule has 0 aromatic heterocycles. The van der Waals surface area contributed by atoms with Crippen LogP contribution < -0.4 is 0 Å². The number of fused-ring (bicyclic) bond motifs is 11. The van der Waals surface area contributed by atoms with Crippen molar-refractivity contribution in [1.29, 1.82) is 0 Å². The monoisotopic (exact) mass is 542 g/mol. The predicted molar refractivity (Wildman–Crippen MR) is 145 cm³/mol. The molecular formula is C33H50O6. The molecule has 1 heterocycles. The normalized spacial score (nSPS) is 50.7. The van der Waals surface area contributed by atoms with Gasteiger partial charge in [0.15, 0.2) is 6.79 Å². The molecule has 1 N–H and O–H groups in total. The highest BCUT2D eigenvalue weighted by Gasteiger charge is 2.69. The molecule has 0 aromatic carbocycles. The van der Waals surface area contributed by atoms with E-state index in [0.29, 0.717) is 48.0 Å². The summed E-state index contributed by atoms with van der Waals surface area (Å²) in [5.74, 6) is 5.26. The van der Waals surface area contributed by atoms with Gasteiger partial charge in [-0.1, -0.05) is 13.8 Å². The zero-order chi connectivity index (χ0) is 27.0. The Bertz CT molecular complexity index is 948. The fourth-order valence-electron chi connectivity index (χ4n) is 12.5. The Balaban J connectivity index is 1.10. The highest BCUT2D eigenvalue weighted by atomic mass is 16.7. The lowest BCUT2D eigenvalue weighted by molar-refractivity contribution is -0.177. The second-order valence-electron chi connectivity index (χ2n) is 15.0. The fourth-order valence-corrected chi connectivity index (χ4v) is 12.5. The molecule has 7 rings (SSSR count). The van der Waals surface area contributed by atoms with Gasteiger partial charge >= 0.3 is 11.9 Å². The summed E-state index contributed by atoms with van der Waals surface area (Å²) < 4.78 is 18.0. The molecule has 0 aromatic rings. The number of ether oxygens (including phenoxy) is 3. The Labute approximate surface area is 234 Å². The molecule has 6 nitrogen and oxygen atoms in total. The lowest BCUT2D eigenvalue weighted by Gasteiger charge is -2.50. The number of hydrogen-bond acceptors (Lipinski definition) is 5. The van der Waals surface area contributed by atoms with Crippen LogP contribution in [-0.2, 0) is 23.8 Å². The van der Waals surface area contributed by atoms with Gasteiger partial charge in [0.2, 0.25) is 0 Å². The largest absolute Gasteiger partial charge is 0.481 e. The van der Waals surface area contributed by atoms with Gasteiger partial charge in [-0.25, -0.2) is 0 Å². The zero-order valence-electron chi connectivity index (χ0n) is 24.2. The van der Waals surface area contributed by atoms with Crippen LogP contribution in [-0.4, -0.2) is 43.2 Å². The van der Waals surface area contributed by atoms with Gasteiger partial charge in [-0.15, -0.1) is 0 Å². The number of carboxylic acid groups (broad SMARTS) is 1. The van der Waals surface area contributed by atoms with E-state index in [1.807, 2.05) is 0 Å². The lowest BCUT2D eigenvalue weighted by atomic mass is 9.55. The average Bonchev–Trinajstić information content (AvgIpc) is 3.75. The first-order valence-electron chi connectivity index (χ1n) is 16.4. The van der Waals surface area contributed by atoms with Gasteiger partial charge in [0.1, 0.15) is 0 Å². The van der Waals surface area contributed by atoms with Gasteiger partial charge in [-0.05, 0) is 142 Å². The molecular weight excluding hydrogens is 492 g/mol. The van der Waals surface area contributed by atoms with Crippen molar-refractivity contribution >= 4 is 11.9 Å². The van der Waals surface area contributed by atoms with E-state index in [1.54, 1.807) is 6.92 Å². The van der Waals surface area contributed by atoms with E-state index < -0.39 is 17.8 Å². The Morgan fingerprint density at radius 3 is 2.26 bits per heavy atom. The molecule has 7 aliphatic rings. The Kier molecular flexibility index (Phi) is 7.06. The number of esters is 1. The molecule has 0 amide bonds. The quantitative estimate of drug-likeness (QED) is 0.170. The molecule has 0 spiro atoms. The van der Waals surface area contributed by atoms with Crippen LogP contribution in [0.15, 0.2) is 0 Å². The van der Waals surface area contributed by atoms with Crippen molar-refractivity contribution in [2.24, 2.45) is 88.8 Å². The third-order valence-corrected chi connectivity index (χ3v) is 13.9. The zero-order valence-corrected chi connectivity index (χ0v) is 24.2. The average molecular weight is 543 g/mol. The summed E-state index contributed by atoms with van der Waals surface area (Å²) in [4.78, 5) is 26.4. The van der Waals surface area contributed by atoms with Crippen LogP contribution in [0.5, 0.6) is 0 Å². The summed E-state index contributed by atoms with van der Waals surface area (Å²) in [5, 5.41) is 10.2. The highest BCUT2D eigenvalue weighted by molar-refractivity contribution is 5.81. The third-order valence-electron chi connectivity index (χ3n) is 13.9. The summed E-state index contributed by atoms with van der Waals surface area (Å²) in [6.45, 7) is 7.72. The molecule has 16 unspecified atom stereocenters. The molecule has 6 saturated carbocycles. The van der Waals surface area contributed by atoms with Gasteiger partial charge in [0, 0.05) is 6.61 Å². The van der Waals surface area contributed by atoms with Crippen molar-refractivity contribution in [2.45, 2.75) is 84.7 Å². The molecule has 16 atom stereocenters. The molecule has 1 aliphatic heterocycles. The number of carboxylic acids is 1. The first-order valence-corrected chi connectivity index (χ1v) is 16.4. The third kappa shape index (κ3) is 4.23. The van der Waals surface area contributed by atoms with Crippen LogP contribution in [0, 0.1) is 88.8 Å². The van der Waals surface area contributed by atoms with Gasteiger partial charge in [-0.2, -0.15) is 0 Å². The summed E-state index contributed by atoms with van der Waals surface area (Å²) in [6, 6.07) is 0. The Morgan fingerprint density at radius 2 is 1.56 bits per heavy atom. The van der Waals surface area contributed by atoms with Gasteiger partial charge in [-0.3, -0.25) is 9.59 Å². The fraction of sp³-hybridized carbons (Fsp3) is 0.939. The highest BCUT2D eigenvalue weighted by Crippen LogP contribution is 2.73. The predicted octanol–water partition coefficient (Wildman–Crippen LogP) is 5.88. The van der Waals surface area contributed by atoms with E-state index in [4.69, 9.17) is 14.2 Å². The molecule has 6 aliphatic carbocycles. The van der Waals surface area contributed by atoms with E-state index in [2.05, 4.69) is 13.8 Å². The smallest absolute Gasteiger partial charge is 0.312 e. The maximum absolute atomic E-state index is 13.9. The van der Waals surface area contributed by atoms with Crippen LogP contribution in [0.2, 0.25) is 0 Å². The number of rotatable bonds is 9. The van der Waals surface area contributed by atoms with E-state index in [0.717, 1.165) is 49.0 Å². The Morgan fingerprint density at radius 1 is 0.872 bits per heavy atom. The molecule has 1 saturated heterocycles. The van der Waals surface area contributed by atoms with Crippen LogP contribution in [0.1, 0.15) is 78.6 Å². The Hall–Kier alpha value is -1.14. The van der Waals surface area contributed by atoms with E-state index in [9.17, 15) is 14.7 Å². The lowest BCUT2D eigenvalue weighted by Crippen LogP contribution is -2.50. The van der Waals surface area contributed by atoms with Crippen LogP contribution in [0.4, 0.5) is 0 Å². The van der Waals surface area contributed by atoms with Crippen LogP contribution in [0.25, 0.3) is 0 Å². The van der Waals surface area contributed by atoms with Crippen molar-refractivity contribution in [2.75, 3.05) is 20.0 Å². The van der Waals surface area contributed by atoms with E-state index >= 15 is 0 Å². The van der Waals surface area contributed by atoms with E-state index in [-0.39, 0.29) is 24.8 Å². The summed E-state index contributed by atoms with van der Waals surface area (Å²) >= 11 is 0. The number of carbonyl (C=O) groups excluding carboxylic acids is 1. The molecule has 0 radical (unpaired) electrons. The minimum Gasteiger partial charge on any atom is -0.481 e. The van der Waals surface area contributed by atoms with Crippen molar-refractivity contribution < 1.29 is 28.9 Å². The molecule has 218 valence electrons. The number of carbonyl (C=O) groups is 2. The van der Waals surface area contributed by atoms with Crippen molar-refractivity contribution in [3.63, 3.8) is 0 Å². The van der Waals surface area contributed by atoms with Crippen LogP contribution >= 0.6 is 0 Å². The molecule has 6 heteroatoms. The van der Waals surface area contributed by atoms with E-state index in [1.165, 1.54) is 44.9 Å². The van der Waals surface area contributed by atoms with Gasteiger partial charge < -0.3 is 19.3 Å².